The largest absolute Gasteiger partial charge is 0.465 e. The average Bonchev–Trinajstić information content (AvgIpc) is 2.48. The van der Waals surface area contributed by atoms with Gasteiger partial charge in [-0.2, -0.15) is 0 Å². The molecule has 0 saturated carbocycles. The Morgan fingerprint density at radius 2 is 2.05 bits per heavy atom. The Kier molecular flexibility index (Phi) is 4.31. The van der Waals surface area contributed by atoms with E-state index >= 15 is 0 Å². The van der Waals surface area contributed by atoms with Crippen LogP contribution in [0, 0.1) is 5.41 Å². The first-order chi connectivity index (χ1) is 9.22. The Morgan fingerprint density at radius 1 is 1.42 bits per heavy atom. The van der Waals surface area contributed by atoms with E-state index < -0.39 is 5.41 Å². The minimum absolute atomic E-state index is 0.171. The molecule has 0 aromatic carbocycles. The van der Waals surface area contributed by atoms with Gasteiger partial charge in [0.15, 0.2) is 0 Å². The molecule has 2 rings (SSSR count). The molecular weight excluding hydrogens is 246 g/mol. The van der Waals surface area contributed by atoms with Gasteiger partial charge in [-0.3, -0.25) is 4.79 Å². The number of aromatic nitrogens is 2. The number of anilines is 1. The van der Waals surface area contributed by atoms with Crippen molar-refractivity contribution < 1.29 is 14.6 Å². The molecule has 1 aromatic rings. The first kappa shape index (κ1) is 13.7. The van der Waals surface area contributed by atoms with Crippen LogP contribution in [0.5, 0.6) is 0 Å². The predicted octanol–water partition coefficient (Wildman–Crippen LogP) is 0.619. The van der Waals surface area contributed by atoms with E-state index in [-0.39, 0.29) is 12.6 Å². The number of hydrogen-bond acceptors (Lipinski definition) is 6. The maximum absolute atomic E-state index is 12.0. The van der Waals surface area contributed by atoms with Gasteiger partial charge in [-0.05, 0) is 25.8 Å². The number of rotatable bonds is 4. The summed E-state index contributed by atoms with van der Waals surface area (Å²) >= 11 is 0. The molecule has 0 spiro atoms. The lowest BCUT2D eigenvalue weighted by Gasteiger charge is -2.38. The number of nitrogens with zero attached hydrogens (tertiary/aromatic N) is 3. The molecule has 104 valence electrons. The lowest BCUT2D eigenvalue weighted by molar-refractivity contribution is -0.159. The Morgan fingerprint density at radius 3 is 2.58 bits per heavy atom. The van der Waals surface area contributed by atoms with Crippen LogP contribution < -0.4 is 4.90 Å². The number of esters is 1. The highest BCUT2D eigenvalue weighted by Crippen LogP contribution is 2.33. The van der Waals surface area contributed by atoms with Crippen molar-refractivity contribution in [1.29, 1.82) is 0 Å². The maximum atomic E-state index is 12.0. The minimum atomic E-state index is -0.763. The third-order valence-corrected chi connectivity index (χ3v) is 3.57. The monoisotopic (exact) mass is 265 g/mol. The van der Waals surface area contributed by atoms with Gasteiger partial charge in [0.25, 0.3) is 0 Å². The molecule has 6 nitrogen and oxygen atoms in total. The van der Waals surface area contributed by atoms with Gasteiger partial charge in [-0.25, -0.2) is 9.97 Å². The van der Waals surface area contributed by atoms with E-state index in [0.717, 1.165) is 0 Å². The van der Waals surface area contributed by atoms with Crippen LogP contribution in [-0.4, -0.2) is 47.3 Å². The Bertz CT molecular complexity index is 416. The van der Waals surface area contributed by atoms with Gasteiger partial charge in [0.2, 0.25) is 5.95 Å². The minimum Gasteiger partial charge on any atom is -0.465 e. The first-order valence-electron chi connectivity index (χ1n) is 6.52. The highest BCUT2D eigenvalue weighted by atomic mass is 16.5. The topological polar surface area (TPSA) is 75.6 Å². The van der Waals surface area contributed by atoms with Gasteiger partial charge in [-0.1, -0.05) is 0 Å². The highest BCUT2D eigenvalue weighted by Gasteiger charge is 2.42. The van der Waals surface area contributed by atoms with Gasteiger partial charge in [0.05, 0.1) is 18.6 Å². The van der Waals surface area contributed by atoms with Crippen molar-refractivity contribution in [3.05, 3.63) is 18.5 Å². The van der Waals surface area contributed by atoms with Crippen molar-refractivity contribution in [2.45, 2.75) is 19.8 Å². The summed E-state index contributed by atoms with van der Waals surface area (Å²) in [5.74, 6) is 0.365. The number of carbonyl (C=O) groups excluding carboxylic acids is 1. The zero-order chi connectivity index (χ0) is 13.7. The van der Waals surface area contributed by atoms with Crippen molar-refractivity contribution in [1.82, 2.24) is 9.97 Å². The standard InChI is InChI=1S/C13H19N3O3/c1-2-19-11(18)13(10-17)4-8-16(9-5-13)12-14-6-3-7-15-12/h3,6-7,17H,2,4-5,8-10H2,1H3. The normalized spacial score (nSPS) is 18.1. The van der Waals surface area contributed by atoms with E-state index in [0.29, 0.717) is 38.5 Å². The number of carbonyl (C=O) groups is 1. The molecule has 1 aliphatic rings. The van der Waals surface area contributed by atoms with Crippen LogP contribution in [-0.2, 0) is 9.53 Å². The Hall–Kier alpha value is -1.69. The van der Waals surface area contributed by atoms with Gasteiger partial charge in [0.1, 0.15) is 0 Å². The van der Waals surface area contributed by atoms with E-state index in [1.165, 1.54) is 0 Å². The van der Waals surface area contributed by atoms with Crippen molar-refractivity contribution in [2.24, 2.45) is 5.41 Å². The predicted molar refractivity (Wildman–Crippen MR) is 69.6 cm³/mol. The lowest BCUT2D eigenvalue weighted by atomic mass is 9.79. The fourth-order valence-electron chi connectivity index (χ4n) is 2.30. The number of ether oxygens (including phenoxy) is 1. The molecule has 1 saturated heterocycles. The summed E-state index contributed by atoms with van der Waals surface area (Å²) in [4.78, 5) is 22.4. The second-order valence-corrected chi connectivity index (χ2v) is 4.69. The van der Waals surface area contributed by atoms with Gasteiger partial charge < -0.3 is 14.7 Å². The van der Waals surface area contributed by atoms with Crippen LogP contribution in [0.25, 0.3) is 0 Å². The second kappa shape index (κ2) is 5.97. The molecule has 6 heteroatoms. The van der Waals surface area contributed by atoms with Crippen LogP contribution in [0.15, 0.2) is 18.5 Å². The van der Waals surface area contributed by atoms with Crippen molar-refractivity contribution in [3.8, 4) is 0 Å². The van der Waals surface area contributed by atoms with Crippen LogP contribution >= 0.6 is 0 Å². The molecule has 0 radical (unpaired) electrons. The van der Waals surface area contributed by atoms with Crippen molar-refractivity contribution in [2.75, 3.05) is 31.2 Å². The van der Waals surface area contributed by atoms with E-state index in [2.05, 4.69) is 9.97 Å². The number of hydrogen-bond donors (Lipinski definition) is 1. The van der Waals surface area contributed by atoms with E-state index in [4.69, 9.17) is 4.74 Å². The molecule has 0 atom stereocenters. The fraction of sp³-hybridized carbons (Fsp3) is 0.615. The molecule has 1 fully saturated rings. The lowest BCUT2D eigenvalue weighted by Crippen LogP contribution is -2.47. The second-order valence-electron chi connectivity index (χ2n) is 4.69. The quantitative estimate of drug-likeness (QED) is 0.804. The smallest absolute Gasteiger partial charge is 0.314 e. The molecule has 19 heavy (non-hydrogen) atoms. The molecule has 2 heterocycles. The number of piperidine rings is 1. The summed E-state index contributed by atoms with van der Waals surface area (Å²) in [6, 6.07) is 1.77. The van der Waals surface area contributed by atoms with Crippen LogP contribution in [0.1, 0.15) is 19.8 Å². The third kappa shape index (κ3) is 2.84. The fourth-order valence-corrected chi connectivity index (χ4v) is 2.30. The average molecular weight is 265 g/mol. The first-order valence-corrected chi connectivity index (χ1v) is 6.52. The number of aliphatic hydroxyl groups excluding tert-OH is 1. The van der Waals surface area contributed by atoms with Crippen molar-refractivity contribution in [3.63, 3.8) is 0 Å². The molecule has 0 unspecified atom stereocenters. The van der Waals surface area contributed by atoms with Gasteiger partial charge in [-0.15, -0.1) is 0 Å². The third-order valence-electron chi connectivity index (χ3n) is 3.57. The molecular formula is C13H19N3O3. The molecule has 1 aliphatic heterocycles. The SMILES string of the molecule is CCOC(=O)C1(CO)CCN(c2ncccn2)CC1. The Balaban J connectivity index is 2.02. The summed E-state index contributed by atoms with van der Waals surface area (Å²) in [6.07, 6.45) is 4.50. The highest BCUT2D eigenvalue weighted by molar-refractivity contribution is 5.77. The summed E-state index contributed by atoms with van der Waals surface area (Å²) in [7, 11) is 0. The summed E-state index contributed by atoms with van der Waals surface area (Å²) in [6.45, 7) is 3.23. The van der Waals surface area contributed by atoms with Crippen LogP contribution in [0.4, 0.5) is 5.95 Å². The van der Waals surface area contributed by atoms with Crippen LogP contribution in [0.3, 0.4) is 0 Å². The summed E-state index contributed by atoms with van der Waals surface area (Å²) < 4.78 is 5.07. The maximum Gasteiger partial charge on any atom is 0.314 e. The zero-order valence-electron chi connectivity index (χ0n) is 11.1. The van der Waals surface area contributed by atoms with Crippen LogP contribution in [0.2, 0.25) is 0 Å². The van der Waals surface area contributed by atoms with Gasteiger partial charge >= 0.3 is 5.97 Å². The van der Waals surface area contributed by atoms with E-state index in [1.54, 1.807) is 25.4 Å². The number of aliphatic hydroxyl groups is 1. The van der Waals surface area contributed by atoms with E-state index in [1.807, 2.05) is 4.90 Å². The molecule has 0 amide bonds. The Labute approximate surface area is 112 Å². The van der Waals surface area contributed by atoms with Crippen molar-refractivity contribution >= 4 is 11.9 Å². The molecule has 1 aromatic heterocycles. The molecule has 1 N–H and O–H groups in total. The zero-order valence-corrected chi connectivity index (χ0v) is 11.1. The van der Waals surface area contributed by atoms with Gasteiger partial charge in [0, 0.05) is 25.5 Å². The molecule has 0 aliphatic carbocycles. The molecule has 0 bridgehead atoms. The summed E-state index contributed by atoms with van der Waals surface area (Å²) in [5, 5.41) is 9.54. The van der Waals surface area contributed by atoms with E-state index in [9.17, 15) is 9.90 Å². The summed E-state index contributed by atoms with van der Waals surface area (Å²) in [5.41, 5.74) is -0.763.